The number of imidazole rings is 1. The Kier molecular flexibility index (Phi) is 4.30. The molecule has 2 heterocycles. The monoisotopic (exact) mass is 358 g/mol. The number of fused-ring (bicyclic) bond motifs is 1. The second kappa shape index (κ2) is 6.92. The molecule has 0 radical (unpaired) electrons. The molecule has 1 N–H and O–H groups in total. The minimum atomic E-state index is 0.144. The summed E-state index contributed by atoms with van der Waals surface area (Å²) in [5, 5.41) is 18.4. The van der Waals surface area contributed by atoms with Gasteiger partial charge in [-0.3, -0.25) is 4.40 Å². The summed E-state index contributed by atoms with van der Waals surface area (Å²) in [7, 11) is 1.63. The fourth-order valence-electron chi connectivity index (χ4n) is 2.92. The van der Waals surface area contributed by atoms with E-state index in [1.165, 1.54) is 0 Å². The van der Waals surface area contributed by atoms with Crippen LogP contribution in [0.3, 0.4) is 0 Å². The largest absolute Gasteiger partial charge is 0.508 e. The van der Waals surface area contributed by atoms with Gasteiger partial charge in [0.2, 0.25) is 0 Å². The minimum Gasteiger partial charge on any atom is -0.508 e. The van der Waals surface area contributed by atoms with E-state index in [-0.39, 0.29) is 5.75 Å². The molecule has 0 aliphatic carbocycles. The Hall–Kier alpha value is -3.67. The molecule has 2 aromatic heterocycles. The topological polar surface area (TPSA) is 71.5 Å². The number of pyridine rings is 1. The Morgan fingerprint density at radius 2 is 1.85 bits per heavy atom. The molecule has 2 aromatic carbocycles. The number of phenols is 1. The van der Waals surface area contributed by atoms with Crippen molar-refractivity contribution in [2.75, 3.05) is 7.11 Å². The van der Waals surface area contributed by atoms with E-state index in [1.807, 2.05) is 53.9 Å². The molecule has 0 atom stereocenters. The zero-order valence-electron chi connectivity index (χ0n) is 15.0. The molecule has 0 fully saturated rings. The third-order valence-corrected chi connectivity index (χ3v) is 4.19. The number of benzene rings is 2. The van der Waals surface area contributed by atoms with E-state index in [0.717, 1.165) is 16.8 Å². The molecule has 0 aliphatic rings. The summed E-state index contributed by atoms with van der Waals surface area (Å²) in [5.41, 5.74) is 3.93. The number of hydrogen-bond acceptors (Lipinski definition) is 5. The van der Waals surface area contributed by atoms with Gasteiger partial charge >= 0.3 is 0 Å². The molecule has 0 spiro atoms. The Balaban J connectivity index is 1.92. The van der Waals surface area contributed by atoms with Gasteiger partial charge in [0.15, 0.2) is 5.82 Å². The smallest absolute Gasteiger partial charge is 0.187 e. The molecule has 0 bridgehead atoms. The van der Waals surface area contributed by atoms with Crippen molar-refractivity contribution >= 4 is 17.2 Å². The molecule has 6 heteroatoms. The van der Waals surface area contributed by atoms with Gasteiger partial charge in [-0.25, -0.2) is 4.98 Å². The number of ether oxygens (including phenoxy) is 1. The molecule has 0 saturated carbocycles. The Bertz CT molecular complexity index is 1150. The molecule has 0 saturated heterocycles. The molecule has 27 heavy (non-hydrogen) atoms. The maximum atomic E-state index is 9.64. The maximum absolute atomic E-state index is 9.64. The number of aromatic nitrogens is 2. The van der Waals surface area contributed by atoms with Crippen LogP contribution in [0.15, 0.2) is 77.1 Å². The van der Waals surface area contributed by atoms with Crippen molar-refractivity contribution in [2.45, 2.75) is 6.92 Å². The first-order chi connectivity index (χ1) is 13.2. The highest BCUT2D eigenvalue weighted by molar-refractivity contribution is 5.78. The average Bonchev–Trinajstić information content (AvgIpc) is 3.04. The lowest BCUT2D eigenvalue weighted by atomic mass is 10.1. The molecule has 0 unspecified atom stereocenters. The van der Waals surface area contributed by atoms with Crippen LogP contribution in [0.4, 0.5) is 11.5 Å². The van der Waals surface area contributed by atoms with Crippen molar-refractivity contribution in [3.63, 3.8) is 0 Å². The highest BCUT2D eigenvalue weighted by atomic mass is 16.5. The normalized spacial score (nSPS) is 11.3. The summed E-state index contributed by atoms with van der Waals surface area (Å²) in [6.07, 6.45) is 1.97. The zero-order valence-corrected chi connectivity index (χ0v) is 15.0. The zero-order chi connectivity index (χ0) is 18.8. The summed E-state index contributed by atoms with van der Waals surface area (Å²) in [5.74, 6) is 1.46. The van der Waals surface area contributed by atoms with Crippen molar-refractivity contribution < 1.29 is 9.84 Å². The molecule has 134 valence electrons. The third-order valence-electron chi connectivity index (χ3n) is 4.19. The Morgan fingerprint density at radius 1 is 1.00 bits per heavy atom. The van der Waals surface area contributed by atoms with Gasteiger partial charge in [-0.15, -0.1) is 10.2 Å². The van der Waals surface area contributed by atoms with Gasteiger partial charge < -0.3 is 9.84 Å². The number of para-hydroxylation sites is 1. The van der Waals surface area contributed by atoms with Crippen LogP contribution >= 0.6 is 0 Å². The van der Waals surface area contributed by atoms with Crippen molar-refractivity contribution in [1.82, 2.24) is 9.38 Å². The predicted octanol–water partition coefficient (Wildman–Crippen LogP) is 5.44. The van der Waals surface area contributed by atoms with Crippen molar-refractivity contribution in [2.24, 2.45) is 10.2 Å². The van der Waals surface area contributed by atoms with Crippen LogP contribution in [0.2, 0.25) is 0 Å². The first-order valence-electron chi connectivity index (χ1n) is 8.48. The van der Waals surface area contributed by atoms with Crippen molar-refractivity contribution in [3.05, 3.63) is 72.4 Å². The standard InChI is InChI=1S/C21H18N4O2/c1-14-10-11-19-22-20(17-8-3-4-9-18(17)27-2)21(25(19)13-14)24-23-15-6-5-7-16(26)12-15/h3-13,26H,1-2H3. The van der Waals surface area contributed by atoms with E-state index in [2.05, 4.69) is 10.2 Å². The van der Waals surface area contributed by atoms with Crippen LogP contribution in [0.1, 0.15) is 5.56 Å². The van der Waals surface area contributed by atoms with Crippen LogP contribution in [-0.2, 0) is 0 Å². The fraction of sp³-hybridized carbons (Fsp3) is 0.0952. The lowest BCUT2D eigenvalue weighted by molar-refractivity contribution is 0.416. The summed E-state index contributed by atoms with van der Waals surface area (Å²) < 4.78 is 7.40. The number of nitrogens with zero attached hydrogens (tertiary/aromatic N) is 4. The van der Waals surface area contributed by atoms with Gasteiger partial charge in [0, 0.05) is 17.8 Å². The Labute approximate surface area is 156 Å². The average molecular weight is 358 g/mol. The van der Waals surface area contributed by atoms with Crippen LogP contribution in [0.5, 0.6) is 11.5 Å². The van der Waals surface area contributed by atoms with Crippen LogP contribution in [0.25, 0.3) is 16.9 Å². The number of methoxy groups -OCH3 is 1. The maximum Gasteiger partial charge on any atom is 0.187 e. The molecular weight excluding hydrogens is 340 g/mol. The number of hydrogen-bond donors (Lipinski definition) is 1. The third kappa shape index (κ3) is 3.25. The summed E-state index contributed by atoms with van der Waals surface area (Å²) >= 11 is 0. The van der Waals surface area contributed by atoms with Gasteiger partial charge in [-0.1, -0.05) is 24.3 Å². The van der Waals surface area contributed by atoms with E-state index in [1.54, 1.807) is 31.4 Å². The quantitative estimate of drug-likeness (QED) is 0.494. The summed E-state index contributed by atoms with van der Waals surface area (Å²) in [6.45, 7) is 2.01. The van der Waals surface area contributed by atoms with Gasteiger partial charge in [0.25, 0.3) is 0 Å². The number of rotatable bonds is 4. The number of azo groups is 1. The van der Waals surface area contributed by atoms with Crippen molar-refractivity contribution in [3.8, 4) is 22.8 Å². The first-order valence-corrected chi connectivity index (χ1v) is 8.48. The summed E-state index contributed by atoms with van der Waals surface area (Å²) in [4.78, 5) is 4.74. The van der Waals surface area contributed by atoms with Gasteiger partial charge in [-0.2, -0.15) is 0 Å². The highest BCUT2D eigenvalue weighted by Crippen LogP contribution is 2.37. The number of aryl methyl sites for hydroxylation is 1. The van der Waals surface area contributed by atoms with E-state index < -0.39 is 0 Å². The van der Waals surface area contributed by atoms with Crippen molar-refractivity contribution in [1.29, 1.82) is 0 Å². The molecule has 4 rings (SSSR count). The predicted molar refractivity (Wildman–Crippen MR) is 104 cm³/mol. The second-order valence-electron chi connectivity index (χ2n) is 6.14. The Morgan fingerprint density at radius 3 is 2.67 bits per heavy atom. The first kappa shape index (κ1) is 16.8. The van der Waals surface area contributed by atoms with E-state index in [9.17, 15) is 5.11 Å². The van der Waals surface area contributed by atoms with E-state index in [4.69, 9.17) is 9.72 Å². The van der Waals surface area contributed by atoms with Gasteiger partial charge in [-0.05, 0) is 42.8 Å². The highest BCUT2D eigenvalue weighted by Gasteiger charge is 2.17. The van der Waals surface area contributed by atoms with E-state index >= 15 is 0 Å². The fourth-order valence-corrected chi connectivity index (χ4v) is 2.92. The molecule has 0 aliphatic heterocycles. The SMILES string of the molecule is COc1ccccc1-c1nc2ccc(C)cn2c1N=Nc1cccc(O)c1. The lowest BCUT2D eigenvalue weighted by Gasteiger charge is -2.06. The lowest BCUT2D eigenvalue weighted by Crippen LogP contribution is -1.88. The van der Waals surface area contributed by atoms with Crippen LogP contribution in [-0.4, -0.2) is 21.6 Å². The molecular formula is C21H18N4O2. The molecule has 0 amide bonds. The number of aromatic hydroxyl groups is 1. The minimum absolute atomic E-state index is 0.144. The molecule has 4 aromatic rings. The summed E-state index contributed by atoms with van der Waals surface area (Å²) in [6, 6.07) is 18.3. The number of phenolic OH excluding ortho intramolecular Hbond substituents is 1. The van der Waals surface area contributed by atoms with Crippen LogP contribution in [0, 0.1) is 6.92 Å². The molecule has 6 nitrogen and oxygen atoms in total. The van der Waals surface area contributed by atoms with E-state index in [0.29, 0.717) is 22.9 Å². The van der Waals surface area contributed by atoms with Gasteiger partial charge in [0.05, 0.1) is 12.8 Å². The van der Waals surface area contributed by atoms with Crippen LogP contribution < -0.4 is 4.74 Å². The second-order valence-corrected chi connectivity index (χ2v) is 6.14. The van der Waals surface area contributed by atoms with Gasteiger partial charge in [0.1, 0.15) is 22.8 Å².